The van der Waals surface area contributed by atoms with Crippen LogP contribution in [0.4, 0.5) is 0 Å². The number of piperidine rings is 1. The summed E-state index contributed by atoms with van der Waals surface area (Å²) in [5.74, 6) is 0.130. The number of nitrogens with zero attached hydrogens (tertiary/aromatic N) is 1. The molecule has 2 heterocycles. The number of benzene rings is 1. The number of fused-ring (bicyclic) bond motifs is 1. The highest BCUT2D eigenvalue weighted by atomic mass is 32.2. The quantitative estimate of drug-likeness (QED) is 0.927. The van der Waals surface area contributed by atoms with E-state index >= 15 is 0 Å². The van der Waals surface area contributed by atoms with Gasteiger partial charge in [0.25, 0.3) is 0 Å². The molecule has 0 spiro atoms. The third kappa shape index (κ3) is 3.07. The minimum atomic E-state index is -3.34. The Morgan fingerprint density at radius 3 is 2.50 bits per heavy atom. The molecule has 1 aliphatic rings. The maximum atomic E-state index is 12.4. The molecular formula is C18H24N2O3S. The lowest BCUT2D eigenvalue weighted by molar-refractivity contribution is -0.131. The second-order valence-corrected chi connectivity index (χ2v) is 9.15. The summed E-state index contributed by atoms with van der Waals surface area (Å²) in [6.07, 6.45) is 2.85. The third-order valence-electron chi connectivity index (χ3n) is 5.15. The van der Waals surface area contributed by atoms with Crippen LogP contribution in [0.1, 0.15) is 36.9 Å². The molecule has 1 saturated heterocycles. The average molecular weight is 348 g/mol. The summed E-state index contributed by atoms with van der Waals surface area (Å²) in [5, 5.41) is 0.299. The van der Waals surface area contributed by atoms with E-state index in [1.54, 1.807) is 4.90 Å². The Morgan fingerprint density at radius 1 is 1.25 bits per heavy atom. The lowest BCUT2D eigenvalue weighted by Gasteiger charge is -2.33. The molecule has 5 nitrogen and oxygen atoms in total. The third-order valence-corrected chi connectivity index (χ3v) is 6.63. The number of hydrogen-bond acceptors (Lipinski definition) is 3. The first-order valence-corrected chi connectivity index (χ1v) is 10.3. The zero-order valence-corrected chi connectivity index (χ0v) is 15.2. The van der Waals surface area contributed by atoms with Crippen LogP contribution in [0.2, 0.25) is 0 Å². The van der Waals surface area contributed by atoms with Gasteiger partial charge in [-0.3, -0.25) is 4.79 Å². The van der Waals surface area contributed by atoms with Gasteiger partial charge in [0.05, 0.1) is 0 Å². The molecule has 24 heavy (non-hydrogen) atoms. The van der Waals surface area contributed by atoms with Crippen molar-refractivity contribution >= 4 is 26.6 Å². The van der Waals surface area contributed by atoms with Crippen LogP contribution in [0.3, 0.4) is 0 Å². The molecular weight excluding hydrogens is 324 g/mol. The number of aromatic amines is 1. The van der Waals surface area contributed by atoms with Crippen LogP contribution in [0.15, 0.2) is 24.3 Å². The number of likely N-dealkylation sites (tertiary alicyclic amines) is 1. The summed E-state index contributed by atoms with van der Waals surface area (Å²) in [7, 11) is -3.34. The van der Waals surface area contributed by atoms with Crippen molar-refractivity contribution in [2.24, 2.45) is 0 Å². The first-order chi connectivity index (χ1) is 11.3. The summed E-state index contributed by atoms with van der Waals surface area (Å²) in [5.41, 5.74) is 3.67. The number of nitrogens with one attached hydrogen (secondary N) is 1. The van der Waals surface area contributed by atoms with Gasteiger partial charge in [-0.1, -0.05) is 18.2 Å². The van der Waals surface area contributed by atoms with E-state index < -0.39 is 15.1 Å². The van der Waals surface area contributed by atoms with Crippen molar-refractivity contribution in [3.05, 3.63) is 35.5 Å². The number of amides is 1. The number of aromatic nitrogens is 1. The zero-order valence-electron chi connectivity index (χ0n) is 14.4. The summed E-state index contributed by atoms with van der Waals surface area (Å²) >= 11 is 0. The van der Waals surface area contributed by atoms with Crippen LogP contribution in [0, 0.1) is 6.92 Å². The summed E-state index contributed by atoms with van der Waals surface area (Å²) in [4.78, 5) is 17.5. The number of rotatable bonds is 3. The zero-order chi connectivity index (χ0) is 17.5. The molecule has 1 aromatic heterocycles. The van der Waals surface area contributed by atoms with Crippen LogP contribution in [-0.2, 0) is 14.6 Å². The van der Waals surface area contributed by atoms with Gasteiger partial charge >= 0.3 is 0 Å². The largest absolute Gasteiger partial charge is 0.358 e. The molecule has 1 amide bonds. The van der Waals surface area contributed by atoms with E-state index in [4.69, 9.17) is 0 Å². The van der Waals surface area contributed by atoms with Crippen molar-refractivity contribution in [1.29, 1.82) is 0 Å². The van der Waals surface area contributed by atoms with Gasteiger partial charge in [-0.05, 0) is 44.2 Å². The minimum Gasteiger partial charge on any atom is -0.358 e. The van der Waals surface area contributed by atoms with E-state index in [2.05, 4.69) is 24.0 Å². The lowest BCUT2D eigenvalue weighted by Crippen LogP contribution is -2.44. The standard InChI is InChI=1S/C18H24N2O3S/c1-12-17(15-6-4-5-7-16(15)19-12)14-8-10-20(11-9-14)18(21)13(2)24(3,22)23/h4-7,13-14,19H,8-11H2,1-3H3/t13-/m0/s1. The predicted molar refractivity (Wildman–Crippen MR) is 95.9 cm³/mol. The SMILES string of the molecule is Cc1[nH]c2ccccc2c1C1CCN(C(=O)[C@H](C)S(C)(=O)=O)CC1. The maximum Gasteiger partial charge on any atom is 0.240 e. The van der Waals surface area contributed by atoms with Crippen molar-refractivity contribution in [2.45, 2.75) is 37.9 Å². The molecule has 0 radical (unpaired) electrons. The average Bonchev–Trinajstić information content (AvgIpc) is 2.88. The number of para-hydroxylation sites is 1. The van der Waals surface area contributed by atoms with Gasteiger partial charge in [-0.15, -0.1) is 0 Å². The van der Waals surface area contributed by atoms with E-state index in [1.807, 2.05) is 12.1 Å². The Bertz CT molecular complexity index is 862. The van der Waals surface area contributed by atoms with Gasteiger partial charge in [0.15, 0.2) is 9.84 Å². The smallest absolute Gasteiger partial charge is 0.240 e. The highest BCUT2D eigenvalue weighted by molar-refractivity contribution is 7.92. The van der Waals surface area contributed by atoms with Crippen molar-refractivity contribution < 1.29 is 13.2 Å². The van der Waals surface area contributed by atoms with E-state index in [1.165, 1.54) is 23.6 Å². The lowest BCUT2D eigenvalue weighted by atomic mass is 9.87. The second kappa shape index (κ2) is 6.24. The summed E-state index contributed by atoms with van der Waals surface area (Å²) in [6, 6.07) is 8.29. The van der Waals surface area contributed by atoms with Crippen molar-refractivity contribution in [2.75, 3.05) is 19.3 Å². The van der Waals surface area contributed by atoms with Gasteiger partial charge in [0.2, 0.25) is 5.91 Å². The van der Waals surface area contributed by atoms with Crippen LogP contribution >= 0.6 is 0 Å². The van der Waals surface area contributed by atoms with Crippen molar-refractivity contribution in [3.63, 3.8) is 0 Å². The molecule has 0 saturated carbocycles. The van der Waals surface area contributed by atoms with Gasteiger partial charge < -0.3 is 9.88 Å². The fourth-order valence-corrected chi connectivity index (χ4v) is 4.17. The van der Waals surface area contributed by atoms with Crippen molar-refractivity contribution in [3.8, 4) is 0 Å². The molecule has 0 aliphatic carbocycles. The van der Waals surface area contributed by atoms with Gasteiger partial charge in [0, 0.05) is 35.9 Å². The number of carbonyl (C=O) groups excluding carboxylic acids is 1. The Balaban J connectivity index is 1.75. The fraction of sp³-hybridized carbons (Fsp3) is 0.500. The van der Waals surface area contributed by atoms with E-state index in [0.717, 1.165) is 24.6 Å². The number of aryl methyl sites for hydroxylation is 1. The molecule has 1 atom stereocenters. The van der Waals surface area contributed by atoms with E-state index in [-0.39, 0.29) is 5.91 Å². The van der Waals surface area contributed by atoms with Crippen molar-refractivity contribution in [1.82, 2.24) is 9.88 Å². The predicted octanol–water partition coefficient (Wildman–Crippen LogP) is 2.62. The molecule has 1 aromatic carbocycles. The van der Waals surface area contributed by atoms with E-state index in [0.29, 0.717) is 19.0 Å². The first-order valence-electron chi connectivity index (χ1n) is 8.34. The molecule has 0 bridgehead atoms. The Hall–Kier alpha value is -1.82. The second-order valence-electron chi connectivity index (χ2n) is 6.78. The van der Waals surface area contributed by atoms with Crippen LogP contribution in [-0.4, -0.2) is 48.8 Å². The first kappa shape index (κ1) is 17.0. The van der Waals surface area contributed by atoms with Gasteiger partial charge in [-0.2, -0.15) is 0 Å². The monoisotopic (exact) mass is 348 g/mol. The number of sulfone groups is 1. The molecule has 1 fully saturated rings. The topological polar surface area (TPSA) is 70.2 Å². The molecule has 2 aromatic rings. The number of carbonyl (C=O) groups is 1. The highest BCUT2D eigenvalue weighted by Crippen LogP contribution is 2.35. The number of H-pyrrole nitrogens is 1. The highest BCUT2D eigenvalue weighted by Gasteiger charge is 2.32. The number of hydrogen-bond donors (Lipinski definition) is 1. The minimum absolute atomic E-state index is 0.272. The Labute approximate surface area is 143 Å². The van der Waals surface area contributed by atoms with Gasteiger partial charge in [-0.25, -0.2) is 8.42 Å². The molecule has 1 N–H and O–H groups in total. The van der Waals surface area contributed by atoms with Crippen LogP contribution in [0.5, 0.6) is 0 Å². The van der Waals surface area contributed by atoms with Gasteiger partial charge in [0.1, 0.15) is 5.25 Å². The molecule has 6 heteroatoms. The molecule has 0 unspecified atom stereocenters. The summed E-state index contributed by atoms with van der Waals surface area (Å²) in [6.45, 7) is 4.80. The molecule has 1 aliphatic heterocycles. The van der Waals surface area contributed by atoms with Crippen LogP contribution < -0.4 is 0 Å². The Kier molecular flexibility index (Phi) is 4.42. The molecule has 130 valence electrons. The van der Waals surface area contributed by atoms with E-state index in [9.17, 15) is 13.2 Å². The molecule has 3 rings (SSSR count). The Morgan fingerprint density at radius 2 is 1.88 bits per heavy atom. The fourth-order valence-electron chi connectivity index (χ4n) is 3.65. The maximum absolute atomic E-state index is 12.4. The van der Waals surface area contributed by atoms with Crippen LogP contribution in [0.25, 0.3) is 10.9 Å². The normalized spacial score (nSPS) is 18.0. The summed E-state index contributed by atoms with van der Waals surface area (Å²) < 4.78 is 23.2.